The summed E-state index contributed by atoms with van der Waals surface area (Å²) in [5.41, 5.74) is 8.63. The first kappa shape index (κ1) is 73.5. The molecule has 540 valence electrons. The van der Waals surface area contributed by atoms with E-state index < -0.39 is 78.2 Å². The lowest BCUT2D eigenvalue weighted by Gasteiger charge is -2.47. The molecule has 3 unspecified atom stereocenters. The molecule has 11 heterocycles. The van der Waals surface area contributed by atoms with Gasteiger partial charge in [-0.25, -0.2) is 4.79 Å². The van der Waals surface area contributed by atoms with Gasteiger partial charge in [-0.3, -0.25) is 38.5 Å². The molecule has 5 amide bonds. The van der Waals surface area contributed by atoms with Gasteiger partial charge in [-0.2, -0.15) is 0 Å². The van der Waals surface area contributed by atoms with Crippen molar-refractivity contribution >= 4 is 47.1 Å². The van der Waals surface area contributed by atoms with Crippen molar-refractivity contribution in [1.82, 2.24) is 15.5 Å². The lowest BCUT2D eigenvalue weighted by atomic mass is 9.81. The normalized spacial score (nSPS) is 34.5. The van der Waals surface area contributed by atoms with Gasteiger partial charge < -0.3 is 78.3 Å². The van der Waals surface area contributed by atoms with E-state index in [1.807, 2.05) is 13.8 Å². The van der Waals surface area contributed by atoms with Crippen LogP contribution in [0.25, 0.3) is 0 Å². The lowest BCUT2D eigenvalue weighted by molar-refractivity contribution is -0.292. The molecular formula is C73H102N4O21. The third-order valence-corrected chi connectivity index (χ3v) is 21.7. The highest BCUT2D eigenvalue weighted by molar-refractivity contribution is 6.12. The molecular weight excluding hydrogens is 1270 g/mol. The first-order chi connectivity index (χ1) is 47.1. The Bertz CT molecular complexity index is 3050. The van der Waals surface area contributed by atoms with Crippen LogP contribution in [0.5, 0.6) is 0 Å². The number of primary amides is 1. The number of ether oxygens (including phenoxy) is 12. The monoisotopic (exact) mass is 1370 g/mol. The van der Waals surface area contributed by atoms with Crippen molar-refractivity contribution in [2.75, 3.05) is 46.6 Å². The van der Waals surface area contributed by atoms with Crippen molar-refractivity contribution in [2.24, 2.45) is 29.4 Å². The number of hydrogen-bond acceptors (Lipinski definition) is 21. The number of methoxy groups -OCH3 is 1. The number of nitrogens with two attached hydrogens (primary N) is 1. The summed E-state index contributed by atoms with van der Waals surface area (Å²) >= 11 is 0. The summed E-state index contributed by atoms with van der Waals surface area (Å²) in [6, 6.07) is 5.30. The van der Waals surface area contributed by atoms with Crippen LogP contribution >= 0.6 is 0 Å². The van der Waals surface area contributed by atoms with Gasteiger partial charge in [0, 0.05) is 102 Å². The standard InChI is InChI=1S/C73H102N4O21/c1-40(2)52(34-47(79)22-26-88-28-29-89-27-25-77-62(82)18-19-63(77)83)71(85)76-54(8-7-24-75-72(74)86)55(81)32-44-9-11-45(12-10-44)39-90-64(84)20-13-46(78)36-60-65(87-6)53-35-48(80)33-50-15-17-57-66(93-50)70-69-68(95-57)67-61(96-69)38-73(97-67,98-70)23-21-51-31-42(4)56(91-51)16-14-49-30-41(3)43(5)58(92-49)37-59(53)94-60/h9-12,18-19,40-41,46,49-54,56-61,65-70,78H,4-5,7-8,13-17,20-39H2,1-3,6H3,(H,76,85)(H3,74,75,86)/t41-,46-,49?,50-,51+,52+,53?,54+,56+,57+,58-,59+,60-,61?,65-,66+,67+,68+,69-,70+,73+/m1/s1. The molecule has 1 aromatic carbocycles. The van der Waals surface area contributed by atoms with Crippen molar-refractivity contribution in [2.45, 2.75) is 265 Å². The molecule has 25 nitrogen and oxygen atoms in total. The Kier molecular flexibility index (Phi) is 25.1. The summed E-state index contributed by atoms with van der Waals surface area (Å²) in [6.45, 7) is 15.6. The van der Waals surface area contributed by atoms with Crippen molar-refractivity contribution in [3.05, 3.63) is 71.8 Å². The Morgan fingerprint density at radius 3 is 2.20 bits per heavy atom. The summed E-state index contributed by atoms with van der Waals surface area (Å²) in [6.07, 6.45) is 4.61. The fourth-order valence-corrected chi connectivity index (χ4v) is 16.3. The van der Waals surface area contributed by atoms with E-state index in [0.29, 0.717) is 49.7 Å². The first-order valence-electron chi connectivity index (χ1n) is 35.8. The van der Waals surface area contributed by atoms with Gasteiger partial charge in [0.15, 0.2) is 11.6 Å². The van der Waals surface area contributed by atoms with Crippen molar-refractivity contribution < 1.29 is 100 Å². The minimum Gasteiger partial charge on any atom is -0.461 e. The van der Waals surface area contributed by atoms with Gasteiger partial charge >= 0.3 is 12.0 Å². The average molecular weight is 1370 g/mol. The molecule has 25 heteroatoms. The average Bonchev–Trinajstić information content (AvgIpc) is 1.55. The smallest absolute Gasteiger partial charge is 0.312 e. The first-order valence-corrected chi connectivity index (χ1v) is 35.8. The van der Waals surface area contributed by atoms with E-state index >= 15 is 0 Å². The molecule has 12 bridgehead atoms. The van der Waals surface area contributed by atoms with Gasteiger partial charge in [0.2, 0.25) is 5.91 Å². The van der Waals surface area contributed by atoms with E-state index in [1.165, 1.54) is 12.2 Å². The number of amides is 5. The summed E-state index contributed by atoms with van der Waals surface area (Å²) in [5, 5.41) is 17.0. The molecule has 11 aliphatic heterocycles. The fraction of sp³-hybridized carbons (Fsp3) is 0.726. The van der Waals surface area contributed by atoms with Crippen molar-refractivity contribution in [3.63, 3.8) is 0 Å². The van der Waals surface area contributed by atoms with Crippen LogP contribution in [0.4, 0.5) is 4.79 Å². The van der Waals surface area contributed by atoms with Crippen LogP contribution in [-0.4, -0.2) is 213 Å². The van der Waals surface area contributed by atoms with Gasteiger partial charge in [0.05, 0.1) is 106 Å². The Labute approximate surface area is 573 Å². The molecule has 0 radical (unpaired) electrons. The third kappa shape index (κ3) is 18.3. The summed E-state index contributed by atoms with van der Waals surface area (Å²) in [5.74, 6) is -4.31. The topological polar surface area (TPSA) is 321 Å². The molecule has 0 aromatic heterocycles. The summed E-state index contributed by atoms with van der Waals surface area (Å²) < 4.78 is 77.6. The van der Waals surface area contributed by atoms with E-state index in [9.17, 15) is 43.5 Å². The number of carbonyl (C=O) groups excluding carboxylic acids is 8. The number of esters is 1. The van der Waals surface area contributed by atoms with Crippen LogP contribution in [0.2, 0.25) is 0 Å². The van der Waals surface area contributed by atoms with Crippen LogP contribution in [0, 0.1) is 23.7 Å². The second-order valence-corrected chi connectivity index (χ2v) is 29.1. The van der Waals surface area contributed by atoms with Gasteiger partial charge in [0.1, 0.15) is 48.7 Å². The zero-order valence-corrected chi connectivity index (χ0v) is 57.2. The number of fused-ring (bicyclic) bond motifs is 6. The Balaban J connectivity index is 0.658. The highest BCUT2D eigenvalue weighted by Gasteiger charge is 2.69. The molecule has 10 fully saturated rings. The van der Waals surface area contributed by atoms with E-state index in [-0.39, 0.29) is 206 Å². The number of carbonyl (C=O) groups is 8. The molecule has 1 aromatic rings. The maximum Gasteiger partial charge on any atom is 0.312 e. The number of ketones is 3. The van der Waals surface area contributed by atoms with Gasteiger partial charge in [-0.05, 0) is 98.3 Å². The molecule has 21 atom stereocenters. The number of nitrogens with zero attached hydrogens (tertiary/aromatic N) is 1. The van der Waals surface area contributed by atoms with E-state index in [4.69, 9.17) is 62.6 Å². The lowest BCUT2D eigenvalue weighted by Crippen LogP contribution is -2.61. The zero-order valence-electron chi connectivity index (χ0n) is 57.2. The maximum atomic E-state index is 14.6. The quantitative estimate of drug-likeness (QED) is 0.0327. The van der Waals surface area contributed by atoms with E-state index in [0.717, 1.165) is 48.2 Å². The van der Waals surface area contributed by atoms with E-state index in [1.54, 1.807) is 31.4 Å². The molecule has 12 rings (SSSR count). The molecule has 98 heavy (non-hydrogen) atoms. The number of rotatable bonds is 29. The zero-order chi connectivity index (χ0) is 69.4. The molecule has 0 saturated carbocycles. The highest BCUT2D eigenvalue weighted by atomic mass is 16.8. The van der Waals surface area contributed by atoms with Crippen LogP contribution in [0.3, 0.4) is 0 Å². The SMILES string of the molecule is C=C1C[C@@H]2CC[C@@]34CC5O[C@H]6[C@@H](O3)[C@H]3O[C@H](CC[C@@H]3O[C@H]6[C@H]5O4)CC(=O)CC3[C@H](C[C@H]4OC(CC[C@@H]1O2)C[C@@H](C)C4=C)O[C@H](C[C@H](O)CCC(=O)OCc1ccc(CC(=O)[C@H](CCCNC(N)=O)NC(=O)[C@@H](CC(=O)CCOCCOCCN2C(=O)C=CC2=O)C(C)C)cc1)[C@@H]3OC. The molecule has 5 N–H and O–H groups in total. The fourth-order valence-electron chi connectivity index (χ4n) is 16.3. The van der Waals surface area contributed by atoms with Crippen molar-refractivity contribution in [3.8, 4) is 0 Å². The molecule has 0 aliphatic carbocycles. The number of aliphatic hydroxyl groups is 1. The van der Waals surface area contributed by atoms with Gasteiger partial charge in [-0.15, -0.1) is 0 Å². The third-order valence-electron chi connectivity index (χ3n) is 21.7. The van der Waals surface area contributed by atoms with Crippen LogP contribution < -0.4 is 16.4 Å². The number of benzene rings is 1. The molecule has 1 spiro atoms. The predicted molar refractivity (Wildman–Crippen MR) is 350 cm³/mol. The Morgan fingerprint density at radius 1 is 0.745 bits per heavy atom. The summed E-state index contributed by atoms with van der Waals surface area (Å²) in [7, 11) is 1.60. The second-order valence-electron chi connectivity index (χ2n) is 29.1. The van der Waals surface area contributed by atoms with Gasteiger partial charge in [-0.1, -0.05) is 58.2 Å². The Hall–Kier alpha value is -5.68. The summed E-state index contributed by atoms with van der Waals surface area (Å²) in [4.78, 5) is 105. The number of urea groups is 1. The van der Waals surface area contributed by atoms with Gasteiger partial charge in [0.25, 0.3) is 11.8 Å². The predicted octanol–water partition coefficient (Wildman–Crippen LogP) is 5.63. The molecule has 11 aliphatic rings. The van der Waals surface area contributed by atoms with Crippen LogP contribution in [-0.2, 0) is 103 Å². The number of imide groups is 1. The van der Waals surface area contributed by atoms with Crippen LogP contribution in [0.1, 0.15) is 154 Å². The molecule has 10 saturated heterocycles. The Morgan fingerprint density at radius 2 is 1.45 bits per heavy atom. The number of hydrogen-bond donors (Lipinski definition) is 4. The minimum atomic E-state index is -0.983. The number of aliphatic hydroxyl groups excluding tert-OH is 1. The minimum absolute atomic E-state index is 0.0104. The largest absolute Gasteiger partial charge is 0.461 e. The highest BCUT2D eigenvalue weighted by Crippen LogP contribution is 2.55. The second kappa shape index (κ2) is 33.4. The van der Waals surface area contributed by atoms with Crippen molar-refractivity contribution in [1.29, 1.82) is 0 Å². The maximum absolute atomic E-state index is 14.6. The van der Waals surface area contributed by atoms with E-state index in [2.05, 4.69) is 30.7 Å². The number of nitrogens with one attached hydrogen (secondary N) is 2. The van der Waals surface area contributed by atoms with Crippen LogP contribution in [0.15, 0.2) is 60.7 Å². The number of Topliss-reactive ketones (excluding diaryl/α,β-unsaturated/α-hetero) is 3.